The van der Waals surface area contributed by atoms with Crippen molar-refractivity contribution in [2.45, 2.75) is 82.9 Å². The van der Waals surface area contributed by atoms with Gasteiger partial charge in [0.15, 0.2) is 0 Å². The van der Waals surface area contributed by atoms with Crippen LogP contribution in [0.2, 0.25) is 0 Å². The van der Waals surface area contributed by atoms with Gasteiger partial charge in [0.1, 0.15) is 29.9 Å². The minimum absolute atomic E-state index is 0.0429. The predicted octanol–water partition coefficient (Wildman–Crippen LogP) is 0.658. The maximum absolute atomic E-state index is 14.8. The van der Waals surface area contributed by atoms with Crippen molar-refractivity contribution in [3.05, 3.63) is 29.6 Å². The number of ether oxygens (including phenoxy) is 2. The number of amides is 2. The van der Waals surface area contributed by atoms with Crippen molar-refractivity contribution in [1.29, 1.82) is 0 Å². The molecule has 3 aliphatic rings. The minimum Gasteiger partial charge on any atom is -0.493 e. The van der Waals surface area contributed by atoms with Crippen LogP contribution in [0, 0.1) is 23.1 Å². The number of likely N-dealkylation sites (tertiary alicyclic amines) is 2. The maximum Gasteiger partial charge on any atom is 0.410 e. The number of halogens is 1. The second kappa shape index (κ2) is 15.8. The molecule has 12 nitrogen and oxygen atoms in total. The second-order valence-corrected chi connectivity index (χ2v) is 13.2. The quantitative estimate of drug-likeness (QED) is 0.141. The molecule has 1 aromatic rings. The van der Waals surface area contributed by atoms with Crippen LogP contribution in [-0.2, 0) is 16.0 Å². The van der Waals surface area contributed by atoms with Crippen LogP contribution in [0.3, 0.4) is 0 Å². The lowest BCUT2D eigenvalue weighted by Gasteiger charge is -2.39. The van der Waals surface area contributed by atoms with Gasteiger partial charge in [-0.15, -0.1) is 0 Å². The third kappa shape index (κ3) is 9.49. The molecule has 1 spiro atoms. The molecule has 254 valence electrons. The zero-order valence-corrected chi connectivity index (χ0v) is 26.3. The summed E-state index contributed by atoms with van der Waals surface area (Å²) in [5, 5.41) is 50.7. The summed E-state index contributed by atoms with van der Waals surface area (Å²) in [4.78, 5) is 28.2. The Balaban J connectivity index is 1.08. The molecular weight excluding hydrogens is 589 g/mol. The largest absolute Gasteiger partial charge is 0.493 e. The summed E-state index contributed by atoms with van der Waals surface area (Å²) in [7, 11) is 0. The van der Waals surface area contributed by atoms with Crippen molar-refractivity contribution in [2.24, 2.45) is 17.3 Å². The maximum atomic E-state index is 14.8. The number of rotatable bonds is 16. The van der Waals surface area contributed by atoms with Crippen LogP contribution in [0.1, 0.15) is 51.5 Å². The number of carbonyl (C=O) groups is 2. The summed E-state index contributed by atoms with van der Waals surface area (Å²) in [6, 6.07) is 4.60. The van der Waals surface area contributed by atoms with Gasteiger partial charge in [-0.3, -0.25) is 4.79 Å². The first kappa shape index (κ1) is 35.3. The van der Waals surface area contributed by atoms with Gasteiger partial charge in [0.05, 0.1) is 31.8 Å². The first-order chi connectivity index (χ1) is 21.4. The third-order valence-electron chi connectivity index (χ3n) is 9.47. The third-order valence-corrected chi connectivity index (χ3v) is 9.47. The molecule has 2 saturated heterocycles. The Morgan fingerprint density at radius 3 is 2.40 bits per heavy atom. The van der Waals surface area contributed by atoms with E-state index in [0.717, 1.165) is 38.8 Å². The zero-order chi connectivity index (χ0) is 32.7. The number of benzene rings is 1. The van der Waals surface area contributed by atoms with Crippen molar-refractivity contribution in [3.8, 4) is 5.75 Å². The number of nitrogens with one attached hydrogen (secondary N) is 1. The molecule has 45 heavy (non-hydrogen) atoms. The van der Waals surface area contributed by atoms with E-state index in [1.165, 1.54) is 12.5 Å². The lowest BCUT2D eigenvalue weighted by molar-refractivity contribution is -0.136. The minimum atomic E-state index is -1.68. The Hall–Kier alpha value is -2.55. The van der Waals surface area contributed by atoms with E-state index >= 15 is 0 Å². The Labute approximate surface area is 264 Å². The molecule has 6 N–H and O–H groups in total. The Kier molecular flexibility index (Phi) is 12.4. The Morgan fingerprint density at radius 2 is 1.76 bits per heavy atom. The molecule has 0 radical (unpaired) electrons. The van der Waals surface area contributed by atoms with Gasteiger partial charge in [-0.25, -0.2) is 9.18 Å². The van der Waals surface area contributed by atoms with Crippen LogP contribution < -0.4 is 10.1 Å². The number of aliphatic hydroxyl groups excluding tert-OH is 5. The number of aliphatic hydroxyl groups is 5. The molecule has 4 rings (SSSR count). The highest BCUT2D eigenvalue weighted by atomic mass is 19.1. The number of carbonyl (C=O) groups excluding carboxylic acids is 2. The lowest BCUT2D eigenvalue weighted by Crippen LogP contribution is -2.55. The van der Waals surface area contributed by atoms with Gasteiger partial charge in [0.25, 0.3) is 0 Å². The SMILES string of the molecule is CC(C)OC(=O)N1CCC2(CC1)CC2CCCOc1ccc(CC(=O)N2CC(CNCC(O)C(O)C(O)C(O)CO)C2)c(F)c1. The summed E-state index contributed by atoms with van der Waals surface area (Å²) in [5.41, 5.74) is 0.642. The van der Waals surface area contributed by atoms with Crippen LogP contribution in [0.25, 0.3) is 0 Å². The van der Waals surface area contributed by atoms with E-state index in [1.807, 2.05) is 18.7 Å². The first-order valence-corrected chi connectivity index (χ1v) is 16.1. The highest BCUT2D eigenvalue weighted by Crippen LogP contribution is 2.61. The molecule has 0 bridgehead atoms. The van der Waals surface area contributed by atoms with Gasteiger partial charge in [0, 0.05) is 51.3 Å². The summed E-state index contributed by atoms with van der Waals surface area (Å²) in [6.07, 6.45) is -1.49. The highest BCUT2D eigenvalue weighted by Gasteiger charge is 2.54. The van der Waals surface area contributed by atoms with Gasteiger partial charge in [-0.2, -0.15) is 0 Å². The number of hydrogen-bond donors (Lipinski definition) is 6. The molecule has 2 amide bonds. The van der Waals surface area contributed by atoms with E-state index in [0.29, 0.717) is 48.9 Å². The van der Waals surface area contributed by atoms with Crippen molar-refractivity contribution < 1.29 is 49.0 Å². The molecule has 2 heterocycles. The predicted molar refractivity (Wildman–Crippen MR) is 162 cm³/mol. The van der Waals surface area contributed by atoms with Gasteiger partial charge in [0.2, 0.25) is 5.91 Å². The molecule has 5 unspecified atom stereocenters. The van der Waals surface area contributed by atoms with Crippen LogP contribution in [0.15, 0.2) is 18.2 Å². The fraction of sp³-hybridized carbons (Fsp3) is 0.750. The molecule has 1 saturated carbocycles. The van der Waals surface area contributed by atoms with E-state index in [2.05, 4.69) is 5.32 Å². The van der Waals surface area contributed by atoms with E-state index in [1.54, 1.807) is 17.0 Å². The summed E-state index contributed by atoms with van der Waals surface area (Å²) in [6.45, 7) is 6.31. The molecule has 5 atom stereocenters. The molecule has 1 aliphatic carbocycles. The smallest absolute Gasteiger partial charge is 0.410 e. The molecule has 2 aliphatic heterocycles. The van der Waals surface area contributed by atoms with Gasteiger partial charge >= 0.3 is 6.09 Å². The summed E-state index contributed by atoms with van der Waals surface area (Å²) < 4.78 is 25.9. The number of piperidine rings is 1. The van der Waals surface area contributed by atoms with E-state index < -0.39 is 36.8 Å². The molecular formula is C32H50FN3O9. The van der Waals surface area contributed by atoms with Crippen LogP contribution in [0.4, 0.5) is 9.18 Å². The van der Waals surface area contributed by atoms with E-state index in [-0.39, 0.29) is 37.0 Å². The molecule has 1 aromatic carbocycles. The van der Waals surface area contributed by atoms with Crippen molar-refractivity contribution in [1.82, 2.24) is 15.1 Å². The van der Waals surface area contributed by atoms with Crippen molar-refractivity contribution in [2.75, 3.05) is 52.5 Å². The van der Waals surface area contributed by atoms with Gasteiger partial charge in [-0.05, 0) is 68.9 Å². The van der Waals surface area contributed by atoms with Crippen molar-refractivity contribution >= 4 is 12.0 Å². The number of hydrogen-bond acceptors (Lipinski definition) is 10. The average Bonchev–Trinajstić information content (AvgIpc) is 3.66. The van der Waals surface area contributed by atoms with Crippen LogP contribution >= 0.6 is 0 Å². The Bertz CT molecular complexity index is 1130. The summed E-state index contributed by atoms with van der Waals surface area (Å²) >= 11 is 0. The summed E-state index contributed by atoms with van der Waals surface area (Å²) in [5.74, 6) is 0.531. The highest BCUT2D eigenvalue weighted by molar-refractivity contribution is 5.79. The topological polar surface area (TPSA) is 172 Å². The van der Waals surface area contributed by atoms with Gasteiger partial charge in [-0.1, -0.05) is 6.07 Å². The lowest BCUT2D eigenvalue weighted by atomic mass is 9.90. The van der Waals surface area contributed by atoms with E-state index in [9.17, 15) is 34.4 Å². The first-order valence-electron chi connectivity index (χ1n) is 16.1. The molecule has 13 heteroatoms. The monoisotopic (exact) mass is 639 g/mol. The van der Waals surface area contributed by atoms with Crippen molar-refractivity contribution in [3.63, 3.8) is 0 Å². The van der Waals surface area contributed by atoms with Crippen LogP contribution in [-0.4, -0.2) is 130 Å². The fourth-order valence-corrected chi connectivity index (χ4v) is 6.44. The average molecular weight is 640 g/mol. The second-order valence-electron chi connectivity index (χ2n) is 13.2. The molecule has 3 fully saturated rings. The van der Waals surface area contributed by atoms with Gasteiger partial charge < -0.3 is 50.1 Å². The normalized spacial score (nSPS) is 22.1. The standard InChI is InChI=1S/C32H50FN3O9/c1-20(2)45-31(43)35-9-7-32(8-10-35)14-23(32)4-3-11-44-24-6-5-22(25(33)13-24)12-28(40)36-17-21(18-36)15-34-16-26(38)29(41)30(42)27(39)19-37/h5-6,13,20-21,23,26-27,29-30,34,37-39,41-42H,3-4,7-12,14-19H2,1-2H3. The molecule has 0 aromatic heterocycles. The Morgan fingerprint density at radius 1 is 1.07 bits per heavy atom. The van der Waals surface area contributed by atoms with E-state index in [4.69, 9.17) is 14.6 Å². The number of nitrogens with zero attached hydrogens (tertiary/aromatic N) is 2. The van der Waals surface area contributed by atoms with Crippen LogP contribution in [0.5, 0.6) is 5.75 Å². The fourth-order valence-electron chi connectivity index (χ4n) is 6.44. The zero-order valence-electron chi connectivity index (χ0n) is 26.3.